The van der Waals surface area contributed by atoms with E-state index in [2.05, 4.69) is 17.1 Å². The predicted molar refractivity (Wildman–Crippen MR) is 147 cm³/mol. The SMILES string of the molecule is COC(=O)[C@H]1C(c2ccc(Cl)cc2)=NO[C@@H]1c1cc(OC)c(O)c2c1C[C@@H]1[C@@H]3C=C(OC)C(=O)C[C@]23CCN1C. The predicted octanol–water partition coefficient (Wildman–Crippen LogP) is 3.94. The van der Waals surface area contributed by atoms with Crippen LogP contribution >= 0.6 is 11.6 Å². The van der Waals surface area contributed by atoms with Crippen LogP contribution in [0.2, 0.25) is 5.02 Å². The van der Waals surface area contributed by atoms with Gasteiger partial charge in [0.05, 0.1) is 21.3 Å². The number of aromatic hydroxyl groups is 1. The van der Waals surface area contributed by atoms with Gasteiger partial charge in [0.15, 0.2) is 29.1 Å². The summed E-state index contributed by atoms with van der Waals surface area (Å²) in [5.74, 6) is -0.899. The number of allylic oxidation sites excluding steroid dienone is 1. The Kier molecular flexibility index (Phi) is 6.54. The maximum Gasteiger partial charge on any atom is 0.319 e. The molecule has 0 spiro atoms. The van der Waals surface area contributed by atoms with Crippen molar-refractivity contribution in [1.29, 1.82) is 0 Å². The second kappa shape index (κ2) is 9.82. The molecule has 0 aromatic heterocycles. The number of carbonyl (C=O) groups excluding carboxylic acids is 2. The smallest absolute Gasteiger partial charge is 0.319 e. The number of rotatable bonds is 5. The van der Waals surface area contributed by atoms with Gasteiger partial charge in [0, 0.05) is 45.5 Å². The van der Waals surface area contributed by atoms with Gasteiger partial charge in [-0.1, -0.05) is 28.9 Å². The van der Waals surface area contributed by atoms with Gasteiger partial charge in [-0.3, -0.25) is 9.59 Å². The molecule has 40 heavy (non-hydrogen) atoms. The number of hydrogen-bond donors (Lipinski definition) is 1. The number of ketones is 1. The standard InChI is InChI=1S/C30H31ClN2O7/c1-33-10-9-30-14-21(34)22(37-2)13-19(30)20(33)11-17-18(12-23(38-3)27(35)25(17)30)28-24(29(36)39-4)26(32-40-28)15-5-7-16(31)8-6-15/h5-8,12-13,19-20,24,28,35H,9-11,14H2,1-4H3/t19-,20+,24-,28+,30-/m0/s1. The number of methoxy groups -OCH3 is 3. The average Bonchev–Trinajstić information content (AvgIpc) is 3.39. The minimum atomic E-state index is -0.870. The summed E-state index contributed by atoms with van der Waals surface area (Å²) in [4.78, 5) is 34.8. The third kappa shape index (κ3) is 3.82. The van der Waals surface area contributed by atoms with Crippen molar-refractivity contribution in [3.05, 3.63) is 69.4 Å². The van der Waals surface area contributed by atoms with Gasteiger partial charge in [0.25, 0.3) is 0 Å². The minimum Gasteiger partial charge on any atom is -0.504 e. The van der Waals surface area contributed by atoms with Crippen LogP contribution in [-0.4, -0.2) is 68.4 Å². The summed E-state index contributed by atoms with van der Waals surface area (Å²) < 4.78 is 16.3. The van der Waals surface area contributed by atoms with Gasteiger partial charge in [0.2, 0.25) is 0 Å². The summed E-state index contributed by atoms with van der Waals surface area (Å²) in [5.41, 5.74) is 2.67. The van der Waals surface area contributed by atoms with E-state index in [9.17, 15) is 14.7 Å². The molecule has 10 heteroatoms. The van der Waals surface area contributed by atoms with Crippen molar-refractivity contribution in [2.75, 3.05) is 34.9 Å². The number of piperidine rings is 1. The molecule has 2 aliphatic carbocycles. The van der Waals surface area contributed by atoms with Crippen molar-refractivity contribution in [3.63, 3.8) is 0 Å². The van der Waals surface area contributed by atoms with E-state index in [1.165, 1.54) is 21.3 Å². The Balaban J connectivity index is 1.55. The molecule has 0 saturated carbocycles. The van der Waals surface area contributed by atoms with Gasteiger partial charge in [0.1, 0.15) is 11.6 Å². The molecule has 2 aromatic carbocycles. The average molecular weight is 567 g/mol. The normalized spacial score (nSPS) is 29.0. The van der Waals surface area contributed by atoms with Crippen LogP contribution in [0.1, 0.15) is 41.2 Å². The van der Waals surface area contributed by atoms with Gasteiger partial charge in [-0.2, -0.15) is 0 Å². The maximum absolute atomic E-state index is 13.3. The van der Waals surface area contributed by atoms with E-state index in [1.54, 1.807) is 30.3 Å². The zero-order valence-corrected chi connectivity index (χ0v) is 23.5. The fourth-order valence-electron chi connectivity index (χ4n) is 7.21. The summed E-state index contributed by atoms with van der Waals surface area (Å²) in [6.07, 6.45) is 2.53. The molecule has 1 N–H and O–H groups in total. The lowest BCUT2D eigenvalue weighted by molar-refractivity contribution is -0.146. The molecule has 2 aliphatic heterocycles. The first kappa shape index (κ1) is 26.7. The van der Waals surface area contributed by atoms with Crippen molar-refractivity contribution in [3.8, 4) is 11.5 Å². The molecular weight excluding hydrogens is 536 g/mol. The maximum atomic E-state index is 13.3. The summed E-state index contributed by atoms with van der Waals surface area (Å²) in [6.45, 7) is 0.768. The number of phenolic OH excluding ortho intramolecular Hbond substituents is 1. The Morgan fingerprint density at radius 1 is 1.20 bits per heavy atom. The molecule has 210 valence electrons. The van der Waals surface area contributed by atoms with E-state index in [4.69, 9.17) is 30.6 Å². The molecule has 9 nitrogen and oxygen atoms in total. The van der Waals surface area contributed by atoms with Crippen LogP contribution in [0.5, 0.6) is 11.5 Å². The molecule has 0 amide bonds. The highest BCUT2D eigenvalue weighted by atomic mass is 35.5. The Morgan fingerprint density at radius 3 is 2.62 bits per heavy atom. The van der Waals surface area contributed by atoms with E-state index in [1.807, 2.05) is 6.08 Å². The Bertz CT molecular complexity index is 1450. The Hall–Kier alpha value is -3.56. The number of likely N-dealkylation sites (N-methyl/N-ethyl adjacent to an activating group) is 1. The molecule has 2 bridgehead atoms. The van der Waals surface area contributed by atoms with E-state index < -0.39 is 23.4 Å². The van der Waals surface area contributed by atoms with E-state index in [0.29, 0.717) is 46.0 Å². The van der Waals surface area contributed by atoms with Gasteiger partial charge in [-0.15, -0.1) is 0 Å². The molecule has 5 atom stereocenters. The molecular formula is C30H31ClN2O7. The topological polar surface area (TPSA) is 107 Å². The largest absolute Gasteiger partial charge is 0.504 e. The number of carbonyl (C=O) groups is 2. The number of likely N-dealkylation sites (tertiary alicyclic amines) is 1. The van der Waals surface area contributed by atoms with E-state index in [0.717, 1.165) is 12.1 Å². The van der Waals surface area contributed by atoms with Gasteiger partial charge in [-0.05, 0) is 56.3 Å². The number of Topliss-reactive ketones (excluding diaryl/α,β-unsaturated/α-hetero) is 1. The van der Waals surface area contributed by atoms with E-state index >= 15 is 0 Å². The summed E-state index contributed by atoms with van der Waals surface area (Å²) in [7, 11) is 6.41. The molecule has 4 aliphatic rings. The number of halogens is 1. The molecule has 0 radical (unpaired) electrons. The molecule has 1 saturated heterocycles. The van der Waals surface area contributed by atoms with Crippen LogP contribution in [0, 0.1) is 11.8 Å². The van der Waals surface area contributed by atoms with Crippen LogP contribution in [0.25, 0.3) is 0 Å². The van der Waals surface area contributed by atoms with E-state index in [-0.39, 0.29) is 35.7 Å². The Labute approximate surface area is 237 Å². The van der Waals surface area contributed by atoms with Crippen molar-refractivity contribution < 1.29 is 33.7 Å². The first-order chi connectivity index (χ1) is 19.2. The molecule has 0 unspecified atom stereocenters. The third-order valence-corrected chi connectivity index (χ3v) is 9.38. The number of benzene rings is 2. The summed E-state index contributed by atoms with van der Waals surface area (Å²) >= 11 is 6.10. The summed E-state index contributed by atoms with van der Waals surface area (Å²) in [5, 5.41) is 16.5. The number of hydrogen-bond acceptors (Lipinski definition) is 9. The molecule has 2 heterocycles. The molecule has 6 rings (SSSR count). The minimum absolute atomic E-state index is 0.0165. The lowest BCUT2D eigenvalue weighted by Gasteiger charge is -2.57. The quantitative estimate of drug-likeness (QED) is 0.543. The van der Waals surface area contributed by atoms with Gasteiger partial charge in [-0.25, -0.2) is 0 Å². The van der Waals surface area contributed by atoms with Crippen LogP contribution < -0.4 is 4.74 Å². The van der Waals surface area contributed by atoms with Crippen LogP contribution in [0.15, 0.2) is 47.3 Å². The first-order valence-corrected chi connectivity index (χ1v) is 13.6. The number of ether oxygens (including phenoxy) is 3. The van der Waals surface area contributed by atoms with Crippen LogP contribution in [-0.2, 0) is 35.7 Å². The third-order valence-electron chi connectivity index (χ3n) is 9.13. The lowest BCUT2D eigenvalue weighted by Crippen LogP contribution is -2.60. The molecule has 2 aromatic rings. The van der Waals surface area contributed by atoms with Gasteiger partial charge >= 0.3 is 5.97 Å². The number of esters is 1. The van der Waals surface area contributed by atoms with Crippen molar-refractivity contribution in [1.82, 2.24) is 4.90 Å². The van der Waals surface area contributed by atoms with Crippen molar-refractivity contribution in [2.24, 2.45) is 17.0 Å². The molecule has 1 fully saturated rings. The number of fused-ring (bicyclic) bond motifs is 1. The highest BCUT2D eigenvalue weighted by molar-refractivity contribution is 6.30. The zero-order chi connectivity index (χ0) is 28.3. The fourth-order valence-corrected chi connectivity index (χ4v) is 7.34. The zero-order valence-electron chi connectivity index (χ0n) is 22.8. The first-order valence-electron chi connectivity index (χ1n) is 13.2. The highest BCUT2D eigenvalue weighted by Gasteiger charge is 2.58. The number of oxime groups is 1. The second-order valence-corrected chi connectivity index (χ2v) is 11.3. The van der Waals surface area contributed by atoms with Crippen LogP contribution in [0.4, 0.5) is 0 Å². The lowest BCUT2D eigenvalue weighted by atomic mass is 9.53. The fraction of sp³-hybridized carbons (Fsp3) is 0.433. The van der Waals surface area contributed by atoms with Gasteiger partial charge < -0.3 is 29.1 Å². The second-order valence-electron chi connectivity index (χ2n) is 10.9. The number of nitrogens with zero attached hydrogens (tertiary/aromatic N) is 2. The number of phenols is 1. The van der Waals surface area contributed by atoms with Crippen molar-refractivity contribution >= 4 is 29.1 Å². The summed E-state index contributed by atoms with van der Waals surface area (Å²) in [6, 6.07) is 8.79. The Morgan fingerprint density at radius 2 is 1.95 bits per heavy atom. The highest BCUT2D eigenvalue weighted by Crippen LogP contribution is 2.59. The monoisotopic (exact) mass is 566 g/mol. The van der Waals surface area contributed by atoms with Crippen molar-refractivity contribution in [2.45, 2.75) is 36.8 Å². The van der Waals surface area contributed by atoms with Crippen LogP contribution in [0.3, 0.4) is 0 Å².